The van der Waals surface area contributed by atoms with E-state index in [0.29, 0.717) is 13.1 Å². The summed E-state index contributed by atoms with van der Waals surface area (Å²) < 4.78 is 0.722. The lowest BCUT2D eigenvalue weighted by atomic mass is 9.99. The Balaban J connectivity index is 1.38. The third-order valence-corrected chi connectivity index (χ3v) is 6.39. The normalized spacial score (nSPS) is 13.3. The predicted molar refractivity (Wildman–Crippen MR) is 115 cm³/mol. The average Bonchev–Trinajstić information content (AvgIpc) is 3.29. The van der Waals surface area contributed by atoms with Crippen LogP contribution in [-0.4, -0.2) is 22.3 Å². The number of benzene rings is 2. The van der Waals surface area contributed by atoms with Gasteiger partial charge in [0.15, 0.2) is 0 Å². The number of amides is 1. The third kappa shape index (κ3) is 2.99. The highest BCUT2D eigenvalue weighted by Gasteiger charge is 2.30. The summed E-state index contributed by atoms with van der Waals surface area (Å²) >= 11 is 7.82. The van der Waals surface area contributed by atoms with Crippen LogP contribution in [-0.2, 0) is 13.0 Å². The molecule has 3 nitrogen and oxygen atoms in total. The fraction of sp³-hybridized carbons (Fsp3) is 0.130. The molecule has 0 bridgehead atoms. The summed E-state index contributed by atoms with van der Waals surface area (Å²) in [6, 6.07) is 20.2. The Hall–Kier alpha value is -2.69. The first-order valence-corrected chi connectivity index (χ1v) is 10.5. The number of aromatic nitrogens is 1. The van der Waals surface area contributed by atoms with Gasteiger partial charge >= 0.3 is 0 Å². The van der Waals surface area contributed by atoms with E-state index in [1.54, 1.807) is 0 Å². The maximum Gasteiger partial charge on any atom is 0.255 e. The van der Waals surface area contributed by atoms with Crippen molar-refractivity contribution in [2.75, 3.05) is 6.54 Å². The van der Waals surface area contributed by atoms with Gasteiger partial charge in [0.25, 0.3) is 5.91 Å². The number of para-hydroxylation sites is 1. The molecule has 138 valence electrons. The van der Waals surface area contributed by atoms with Gasteiger partial charge in [0.05, 0.1) is 11.1 Å². The number of carbonyl (C=O) groups excluding carboxylic acids is 1. The van der Waals surface area contributed by atoms with Crippen LogP contribution in [0.25, 0.3) is 22.0 Å². The molecule has 5 heteroatoms. The first kappa shape index (κ1) is 17.4. The Morgan fingerprint density at radius 3 is 2.75 bits per heavy atom. The number of thiophene rings is 1. The average molecular weight is 405 g/mol. The van der Waals surface area contributed by atoms with Crippen LogP contribution in [0.3, 0.4) is 0 Å². The molecular weight excluding hydrogens is 388 g/mol. The van der Waals surface area contributed by atoms with E-state index in [0.717, 1.165) is 49.6 Å². The van der Waals surface area contributed by atoms with Crippen LogP contribution in [0.4, 0.5) is 0 Å². The molecule has 1 aliphatic rings. The molecule has 2 aromatic heterocycles. The summed E-state index contributed by atoms with van der Waals surface area (Å²) in [6.45, 7) is 1.28. The van der Waals surface area contributed by atoms with Crippen LogP contribution in [0.15, 0.2) is 66.0 Å². The quantitative estimate of drug-likeness (QED) is 0.429. The number of carbonyl (C=O) groups is 1. The van der Waals surface area contributed by atoms with Crippen molar-refractivity contribution >= 4 is 39.7 Å². The summed E-state index contributed by atoms with van der Waals surface area (Å²) in [5.41, 5.74) is 5.72. The second kappa shape index (κ2) is 7.04. The molecule has 4 aromatic rings. The molecule has 5 rings (SSSR count). The van der Waals surface area contributed by atoms with E-state index in [2.05, 4.69) is 12.1 Å². The Bertz CT molecular complexity index is 1200. The van der Waals surface area contributed by atoms with Crippen molar-refractivity contribution in [3.05, 3.63) is 87.2 Å². The van der Waals surface area contributed by atoms with E-state index in [-0.39, 0.29) is 5.91 Å². The first-order valence-electron chi connectivity index (χ1n) is 9.20. The van der Waals surface area contributed by atoms with Gasteiger partial charge in [0, 0.05) is 36.2 Å². The molecule has 0 saturated heterocycles. The number of hydrogen-bond acceptors (Lipinski definition) is 3. The second-order valence-electron chi connectivity index (χ2n) is 6.92. The van der Waals surface area contributed by atoms with Crippen LogP contribution in [0.1, 0.15) is 21.6 Å². The van der Waals surface area contributed by atoms with Crippen molar-refractivity contribution < 1.29 is 4.79 Å². The number of hydrogen-bond donors (Lipinski definition) is 0. The minimum absolute atomic E-state index is 0.0775. The number of rotatable bonds is 4. The van der Waals surface area contributed by atoms with Crippen molar-refractivity contribution in [1.29, 1.82) is 0 Å². The molecule has 1 amide bonds. The fourth-order valence-corrected chi connectivity index (χ4v) is 4.76. The molecule has 28 heavy (non-hydrogen) atoms. The molecule has 0 aliphatic carbocycles. The second-order valence-corrected chi connectivity index (χ2v) is 8.44. The predicted octanol–water partition coefficient (Wildman–Crippen LogP) is 5.82. The molecule has 0 N–H and O–H groups in total. The lowest BCUT2D eigenvalue weighted by Crippen LogP contribution is -2.26. The largest absolute Gasteiger partial charge is 0.334 e. The van der Waals surface area contributed by atoms with Crippen LogP contribution in [0.5, 0.6) is 0 Å². The smallest absolute Gasteiger partial charge is 0.255 e. The summed E-state index contributed by atoms with van der Waals surface area (Å²) in [5, 5.41) is 3.09. The number of pyridine rings is 1. The summed E-state index contributed by atoms with van der Waals surface area (Å²) in [7, 11) is 0. The summed E-state index contributed by atoms with van der Waals surface area (Å²) in [4.78, 5) is 19.8. The first-order chi connectivity index (χ1) is 13.7. The number of halogens is 1. The van der Waals surface area contributed by atoms with E-state index < -0.39 is 0 Å². The van der Waals surface area contributed by atoms with Crippen LogP contribution in [0.2, 0.25) is 4.34 Å². The van der Waals surface area contributed by atoms with E-state index in [4.69, 9.17) is 16.6 Å². The van der Waals surface area contributed by atoms with Gasteiger partial charge in [-0.2, -0.15) is 0 Å². The zero-order valence-corrected chi connectivity index (χ0v) is 16.6. The summed E-state index contributed by atoms with van der Waals surface area (Å²) in [5.74, 6) is 0.0775. The minimum atomic E-state index is 0.0775. The van der Waals surface area contributed by atoms with Gasteiger partial charge in [-0.15, -0.1) is 11.3 Å². The van der Waals surface area contributed by atoms with Crippen molar-refractivity contribution in [2.45, 2.75) is 13.0 Å². The molecule has 0 spiro atoms. The highest BCUT2D eigenvalue weighted by molar-refractivity contribution is 7.15. The van der Waals surface area contributed by atoms with Gasteiger partial charge in [-0.25, -0.2) is 0 Å². The van der Waals surface area contributed by atoms with Gasteiger partial charge in [-0.1, -0.05) is 54.1 Å². The molecule has 0 fully saturated rings. The van der Waals surface area contributed by atoms with Gasteiger partial charge in [-0.05, 0) is 34.7 Å². The van der Waals surface area contributed by atoms with Crippen LogP contribution in [0, 0.1) is 0 Å². The highest BCUT2D eigenvalue weighted by atomic mass is 35.5. The molecular formula is C23H17ClN2OS. The van der Waals surface area contributed by atoms with Crippen molar-refractivity contribution in [2.24, 2.45) is 0 Å². The Morgan fingerprint density at radius 1 is 1.00 bits per heavy atom. The molecule has 3 heterocycles. The molecule has 1 aliphatic heterocycles. The van der Waals surface area contributed by atoms with E-state index in [1.165, 1.54) is 11.3 Å². The van der Waals surface area contributed by atoms with Gasteiger partial charge in [0.2, 0.25) is 0 Å². The SMILES string of the molecule is O=C1c2c(cccc2-c2ccsc2Cl)CN1CCc1ccc2ccccc2n1. The number of fused-ring (bicyclic) bond motifs is 2. The molecule has 0 unspecified atom stereocenters. The summed E-state index contributed by atoms with van der Waals surface area (Å²) in [6.07, 6.45) is 0.735. The number of nitrogens with zero attached hydrogens (tertiary/aromatic N) is 2. The van der Waals surface area contributed by atoms with E-state index in [9.17, 15) is 4.79 Å². The Kier molecular flexibility index (Phi) is 4.38. The van der Waals surface area contributed by atoms with Crippen molar-refractivity contribution in [3.63, 3.8) is 0 Å². The zero-order chi connectivity index (χ0) is 19.1. The molecule has 0 radical (unpaired) electrons. The molecule has 0 atom stereocenters. The van der Waals surface area contributed by atoms with Gasteiger partial charge < -0.3 is 4.90 Å². The lowest BCUT2D eigenvalue weighted by Gasteiger charge is -2.15. The van der Waals surface area contributed by atoms with E-state index in [1.807, 2.05) is 58.8 Å². The standard InChI is InChI=1S/C23H17ClN2OS/c24-22-19(11-13-28-22)18-6-3-5-16-14-26(23(27)21(16)18)12-10-17-9-8-15-4-1-2-7-20(15)25-17/h1-9,11,13H,10,12,14H2. The third-order valence-electron chi connectivity index (χ3n) is 5.22. The maximum absolute atomic E-state index is 13.1. The maximum atomic E-state index is 13.1. The molecule has 2 aromatic carbocycles. The van der Waals surface area contributed by atoms with Crippen molar-refractivity contribution in [3.8, 4) is 11.1 Å². The monoisotopic (exact) mass is 404 g/mol. The Labute approximate surface area is 172 Å². The highest BCUT2D eigenvalue weighted by Crippen LogP contribution is 2.38. The lowest BCUT2D eigenvalue weighted by molar-refractivity contribution is 0.0780. The molecule has 0 saturated carbocycles. The van der Waals surface area contributed by atoms with E-state index >= 15 is 0 Å². The van der Waals surface area contributed by atoms with Gasteiger partial charge in [0.1, 0.15) is 4.34 Å². The topological polar surface area (TPSA) is 33.2 Å². The zero-order valence-electron chi connectivity index (χ0n) is 15.1. The minimum Gasteiger partial charge on any atom is -0.334 e. The van der Waals surface area contributed by atoms with Crippen LogP contribution < -0.4 is 0 Å². The van der Waals surface area contributed by atoms with Gasteiger partial charge in [-0.3, -0.25) is 9.78 Å². The Morgan fingerprint density at radius 2 is 1.89 bits per heavy atom. The fourth-order valence-electron chi connectivity index (χ4n) is 3.81. The van der Waals surface area contributed by atoms with Crippen LogP contribution >= 0.6 is 22.9 Å². The van der Waals surface area contributed by atoms with Crippen molar-refractivity contribution in [1.82, 2.24) is 9.88 Å².